The van der Waals surface area contributed by atoms with E-state index >= 15 is 0 Å². The summed E-state index contributed by atoms with van der Waals surface area (Å²) in [7, 11) is 0. The fourth-order valence-corrected chi connectivity index (χ4v) is 3.44. The fraction of sp³-hybridized carbons (Fsp3) is 0.391. The highest BCUT2D eigenvalue weighted by Crippen LogP contribution is 2.24. The summed E-state index contributed by atoms with van der Waals surface area (Å²) in [6.45, 7) is 13.1. The van der Waals surface area contributed by atoms with E-state index in [1.165, 1.54) is 40.7 Å². The third-order valence-corrected chi connectivity index (χ3v) is 4.69. The van der Waals surface area contributed by atoms with Gasteiger partial charge < -0.3 is 0 Å². The number of aryl methyl sites for hydroxylation is 1. The van der Waals surface area contributed by atoms with Gasteiger partial charge in [0.05, 0.1) is 0 Å². The Bertz CT molecular complexity index is 663. The monoisotopic (exact) mass is 306 g/mol. The zero-order valence-electron chi connectivity index (χ0n) is 15.2. The number of rotatable bonds is 7. The van der Waals surface area contributed by atoms with Crippen LogP contribution in [0.1, 0.15) is 55.0 Å². The maximum absolute atomic E-state index is 4.12. The zero-order chi connectivity index (χ0) is 16.8. The first-order chi connectivity index (χ1) is 11.0. The van der Waals surface area contributed by atoms with Crippen LogP contribution in [0.2, 0.25) is 0 Å². The normalized spacial score (nSPS) is 12.2. The first kappa shape index (κ1) is 17.5. The SMILES string of the molecule is C=C(C)c1ccccc1CC(C)Cc1cccc(CCC)c1C. The molecule has 0 bridgehead atoms. The van der Waals surface area contributed by atoms with Gasteiger partial charge in [0.15, 0.2) is 0 Å². The third kappa shape index (κ3) is 4.58. The van der Waals surface area contributed by atoms with Crippen molar-refractivity contribution in [2.24, 2.45) is 5.92 Å². The summed E-state index contributed by atoms with van der Waals surface area (Å²) in [5.74, 6) is 0.631. The van der Waals surface area contributed by atoms with E-state index in [4.69, 9.17) is 0 Å². The molecule has 1 unspecified atom stereocenters. The lowest BCUT2D eigenvalue weighted by Gasteiger charge is -2.17. The molecule has 0 spiro atoms. The quantitative estimate of drug-likeness (QED) is 0.555. The number of benzene rings is 2. The molecule has 2 rings (SSSR count). The molecule has 0 nitrogen and oxygen atoms in total. The Morgan fingerprint density at radius 1 is 0.957 bits per heavy atom. The van der Waals surface area contributed by atoms with Crippen molar-refractivity contribution in [3.05, 3.63) is 76.9 Å². The summed E-state index contributed by atoms with van der Waals surface area (Å²) in [5.41, 5.74) is 8.42. The standard InChI is InChI=1S/C23H30/c1-6-10-20-12-9-13-21(19(20)5)15-18(4)16-22-11-7-8-14-23(22)17(2)3/h7-9,11-14,18H,2,6,10,15-16H2,1,3-5H3. The highest BCUT2D eigenvalue weighted by Gasteiger charge is 2.11. The van der Waals surface area contributed by atoms with E-state index in [0.29, 0.717) is 5.92 Å². The van der Waals surface area contributed by atoms with Crippen LogP contribution in [0.3, 0.4) is 0 Å². The van der Waals surface area contributed by atoms with Gasteiger partial charge >= 0.3 is 0 Å². The van der Waals surface area contributed by atoms with Crippen LogP contribution in [-0.2, 0) is 19.3 Å². The van der Waals surface area contributed by atoms with Crippen LogP contribution in [0.15, 0.2) is 49.0 Å². The molecule has 1 atom stereocenters. The summed E-state index contributed by atoms with van der Waals surface area (Å²) in [5, 5.41) is 0. The molecule has 0 heterocycles. The van der Waals surface area contributed by atoms with Crippen molar-refractivity contribution in [2.45, 2.75) is 53.4 Å². The minimum absolute atomic E-state index is 0.631. The Hall–Kier alpha value is -1.82. The van der Waals surface area contributed by atoms with Crippen LogP contribution < -0.4 is 0 Å². The van der Waals surface area contributed by atoms with Crippen molar-refractivity contribution in [1.29, 1.82) is 0 Å². The molecule has 122 valence electrons. The molecule has 0 amide bonds. The van der Waals surface area contributed by atoms with E-state index < -0.39 is 0 Å². The van der Waals surface area contributed by atoms with Gasteiger partial charge in [0.2, 0.25) is 0 Å². The Kier molecular flexibility index (Phi) is 6.21. The van der Waals surface area contributed by atoms with Gasteiger partial charge in [0, 0.05) is 0 Å². The largest absolute Gasteiger partial charge is 0.0955 e. The van der Waals surface area contributed by atoms with Gasteiger partial charge in [-0.15, -0.1) is 0 Å². The van der Waals surface area contributed by atoms with Gasteiger partial charge in [0.25, 0.3) is 0 Å². The number of hydrogen-bond acceptors (Lipinski definition) is 0. The predicted molar refractivity (Wildman–Crippen MR) is 103 cm³/mol. The van der Waals surface area contributed by atoms with Crippen molar-refractivity contribution in [1.82, 2.24) is 0 Å². The van der Waals surface area contributed by atoms with Crippen molar-refractivity contribution < 1.29 is 0 Å². The second-order valence-electron chi connectivity index (χ2n) is 6.90. The number of hydrogen-bond donors (Lipinski definition) is 0. The van der Waals surface area contributed by atoms with Gasteiger partial charge in [-0.05, 0) is 66.8 Å². The summed E-state index contributed by atoms with van der Waals surface area (Å²) in [4.78, 5) is 0. The molecule has 0 aromatic heterocycles. The maximum Gasteiger partial charge on any atom is -0.0201 e. The molecule has 0 aliphatic carbocycles. The third-order valence-electron chi connectivity index (χ3n) is 4.69. The summed E-state index contributed by atoms with van der Waals surface area (Å²) in [6, 6.07) is 15.5. The van der Waals surface area contributed by atoms with Gasteiger partial charge in [0.1, 0.15) is 0 Å². The summed E-state index contributed by atoms with van der Waals surface area (Å²) in [6.07, 6.45) is 4.66. The fourth-order valence-electron chi connectivity index (χ4n) is 3.44. The van der Waals surface area contributed by atoms with Crippen molar-refractivity contribution >= 4 is 5.57 Å². The molecule has 0 fully saturated rings. The average Bonchev–Trinajstić information content (AvgIpc) is 2.51. The van der Waals surface area contributed by atoms with Gasteiger partial charge in [-0.1, -0.05) is 74.9 Å². The van der Waals surface area contributed by atoms with E-state index in [2.05, 4.69) is 76.7 Å². The Balaban J connectivity index is 2.13. The molecule has 0 heteroatoms. The van der Waals surface area contributed by atoms with E-state index in [0.717, 1.165) is 18.4 Å². The minimum atomic E-state index is 0.631. The van der Waals surface area contributed by atoms with Crippen molar-refractivity contribution in [3.8, 4) is 0 Å². The van der Waals surface area contributed by atoms with Gasteiger partial charge in [-0.25, -0.2) is 0 Å². The highest BCUT2D eigenvalue weighted by atomic mass is 14.2. The van der Waals surface area contributed by atoms with Gasteiger partial charge in [-0.2, -0.15) is 0 Å². The average molecular weight is 306 g/mol. The van der Waals surface area contributed by atoms with E-state index in [1.54, 1.807) is 0 Å². The minimum Gasteiger partial charge on any atom is -0.0955 e. The molecule has 23 heavy (non-hydrogen) atoms. The molecule has 2 aromatic carbocycles. The first-order valence-electron chi connectivity index (χ1n) is 8.84. The highest BCUT2D eigenvalue weighted by molar-refractivity contribution is 5.64. The smallest absolute Gasteiger partial charge is 0.0201 e. The van der Waals surface area contributed by atoms with E-state index in [-0.39, 0.29) is 0 Å². The molecule has 0 saturated heterocycles. The summed E-state index contributed by atoms with van der Waals surface area (Å²) < 4.78 is 0. The molecule has 0 aliphatic rings. The van der Waals surface area contributed by atoms with Crippen LogP contribution in [0.25, 0.3) is 5.57 Å². The predicted octanol–water partition coefficient (Wildman–Crippen LogP) is 6.40. The Labute approximate surface area is 142 Å². The van der Waals surface area contributed by atoms with Crippen molar-refractivity contribution in [3.63, 3.8) is 0 Å². The topological polar surface area (TPSA) is 0 Å². The lowest BCUT2D eigenvalue weighted by Crippen LogP contribution is -2.07. The lowest BCUT2D eigenvalue weighted by molar-refractivity contribution is 0.574. The van der Waals surface area contributed by atoms with Gasteiger partial charge in [-0.3, -0.25) is 0 Å². The number of allylic oxidation sites excluding steroid dienone is 1. The van der Waals surface area contributed by atoms with E-state index in [1.807, 2.05) is 0 Å². The Morgan fingerprint density at radius 2 is 1.57 bits per heavy atom. The second kappa shape index (κ2) is 8.15. The molecule has 0 radical (unpaired) electrons. The molecular weight excluding hydrogens is 276 g/mol. The van der Waals surface area contributed by atoms with Crippen molar-refractivity contribution in [2.75, 3.05) is 0 Å². The molecule has 0 saturated carbocycles. The molecule has 0 N–H and O–H groups in total. The molecular formula is C23H30. The zero-order valence-corrected chi connectivity index (χ0v) is 15.2. The van der Waals surface area contributed by atoms with Crippen LogP contribution >= 0.6 is 0 Å². The molecule has 2 aromatic rings. The lowest BCUT2D eigenvalue weighted by atomic mass is 9.88. The van der Waals surface area contributed by atoms with Crippen LogP contribution in [0.5, 0.6) is 0 Å². The first-order valence-corrected chi connectivity index (χ1v) is 8.84. The van der Waals surface area contributed by atoms with E-state index in [9.17, 15) is 0 Å². The molecule has 0 aliphatic heterocycles. The second-order valence-corrected chi connectivity index (χ2v) is 6.90. The Morgan fingerprint density at radius 3 is 2.26 bits per heavy atom. The van der Waals surface area contributed by atoms with Crippen LogP contribution in [0.4, 0.5) is 0 Å². The summed E-state index contributed by atoms with van der Waals surface area (Å²) >= 11 is 0. The van der Waals surface area contributed by atoms with Crippen LogP contribution in [0, 0.1) is 12.8 Å². The maximum atomic E-state index is 4.12. The van der Waals surface area contributed by atoms with Crippen LogP contribution in [-0.4, -0.2) is 0 Å².